The van der Waals surface area contributed by atoms with Gasteiger partial charge in [-0.05, 0) is 48.1 Å². The normalized spacial score (nSPS) is 15.0. The molecule has 0 spiro atoms. The molecule has 0 radical (unpaired) electrons. The topological polar surface area (TPSA) is 41.1 Å². The lowest BCUT2D eigenvalue weighted by molar-refractivity contribution is -0.116. The van der Waals surface area contributed by atoms with Crippen LogP contribution in [0.2, 0.25) is 0 Å². The zero-order valence-electron chi connectivity index (χ0n) is 13.9. The summed E-state index contributed by atoms with van der Waals surface area (Å²) in [4.78, 5) is 11.4. The zero-order valence-corrected chi connectivity index (χ0v) is 13.9. The molecule has 0 aromatic heterocycles. The van der Waals surface area contributed by atoms with E-state index >= 15 is 0 Å². The molecule has 0 saturated heterocycles. The molecular formula is C20H24N2O. The molecule has 1 amide bonds. The first-order valence-corrected chi connectivity index (χ1v) is 8.39. The van der Waals surface area contributed by atoms with Crippen molar-refractivity contribution in [2.75, 3.05) is 5.32 Å². The third-order valence-electron chi connectivity index (χ3n) is 4.54. The van der Waals surface area contributed by atoms with Crippen LogP contribution in [0.3, 0.4) is 0 Å². The van der Waals surface area contributed by atoms with Gasteiger partial charge in [-0.3, -0.25) is 4.79 Å². The summed E-state index contributed by atoms with van der Waals surface area (Å²) >= 11 is 0. The van der Waals surface area contributed by atoms with Crippen LogP contribution in [0.1, 0.15) is 48.6 Å². The van der Waals surface area contributed by atoms with Crippen molar-refractivity contribution < 1.29 is 4.79 Å². The van der Waals surface area contributed by atoms with Gasteiger partial charge in [0.15, 0.2) is 0 Å². The summed E-state index contributed by atoms with van der Waals surface area (Å²) in [5.41, 5.74) is 6.17. The van der Waals surface area contributed by atoms with Crippen LogP contribution in [0.15, 0.2) is 42.5 Å². The Morgan fingerprint density at radius 3 is 2.78 bits per heavy atom. The van der Waals surface area contributed by atoms with Crippen LogP contribution in [-0.2, 0) is 24.2 Å². The Hall–Kier alpha value is -2.13. The van der Waals surface area contributed by atoms with Gasteiger partial charge < -0.3 is 10.6 Å². The number of hydrogen-bond donors (Lipinski definition) is 2. The molecule has 2 N–H and O–H groups in total. The second kappa shape index (κ2) is 6.97. The molecule has 1 aliphatic rings. The smallest absolute Gasteiger partial charge is 0.224 e. The lowest BCUT2D eigenvalue weighted by Crippen LogP contribution is -2.21. The van der Waals surface area contributed by atoms with Gasteiger partial charge in [0.1, 0.15) is 0 Å². The molecule has 3 nitrogen and oxygen atoms in total. The average Bonchev–Trinajstić information content (AvgIpc) is 2.59. The van der Waals surface area contributed by atoms with Gasteiger partial charge in [0.05, 0.1) is 0 Å². The molecular weight excluding hydrogens is 284 g/mol. The minimum absolute atomic E-state index is 0.118. The van der Waals surface area contributed by atoms with E-state index < -0.39 is 0 Å². The van der Waals surface area contributed by atoms with Gasteiger partial charge >= 0.3 is 0 Å². The summed E-state index contributed by atoms with van der Waals surface area (Å²) in [7, 11) is 0. The number of rotatable bonds is 5. The second-order valence-corrected chi connectivity index (χ2v) is 6.24. The maximum absolute atomic E-state index is 11.4. The standard InChI is InChI=1S/C20H24N2O/c1-3-15-5-4-6-16(11-15)13-21-14(2)17-7-9-19-18(12-17)8-10-20(23)22-19/h4-7,9,11-12,14,21H,3,8,10,13H2,1-2H3,(H,22,23). The van der Waals surface area contributed by atoms with Gasteiger partial charge in [0.2, 0.25) is 5.91 Å². The summed E-state index contributed by atoms with van der Waals surface area (Å²) < 4.78 is 0. The van der Waals surface area contributed by atoms with Crippen molar-refractivity contribution >= 4 is 11.6 Å². The fourth-order valence-electron chi connectivity index (χ4n) is 3.02. The maximum Gasteiger partial charge on any atom is 0.224 e. The Bertz CT molecular complexity index is 709. The molecule has 0 bridgehead atoms. The van der Waals surface area contributed by atoms with Crippen molar-refractivity contribution in [3.63, 3.8) is 0 Å². The molecule has 0 saturated carbocycles. The van der Waals surface area contributed by atoms with Crippen molar-refractivity contribution in [1.29, 1.82) is 0 Å². The maximum atomic E-state index is 11.4. The highest BCUT2D eigenvalue weighted by molar-refractivity contribution is 5.93. The van der Waals surface area contributed by atoms with E-state index in [-0.39, 0.29) is 11.9 Å². The lowest BCUT2D eigenvalue weighted by atomic mass is 9.97. The van der Waals surface area contributed by atoms with Crippen LogP contribution in [0.25, 0.3) is 0 Å². The largest absolute Gasteiger partial charge is 0.326 e. The summed E-state index contributed by atoms with van der Waals surface area (Å²) in [5, 5.41) is 6.53. The molecule has 1 unspecified atom stereocenters. The molecule has 0 fully saturated rings. The third-order valence-corrected chi connectivity index (χ3v) is 4.54. The summed E-state index contributed by atoms with van der Waals surface area (Å²) in [6.07, 6.45) is 2.49. The van der Waals surface area contributed by atoms with E-state index in [4.69, 9.17) is 0 Å². The van der Waals surface area contributed by atoms with Crippen LogP contribution in [0.5, 0.6) is 0 Å². The highest BCUT2D eigenvalue weighted by Crippen LogP contribution is 2.26. The number of carbonyl (C=O) groups is 1. The van der Waals surface area contributed by atoms with Gasteiger partial charge in [-0.2, -0.15) is 0 Å². The quantitative estimate of drug-likeness (QED) is 0.877. The van der Waals surface area contributed by atoms with E-state index in [1.165, 1.54) is 22.3 Å². The van der Waals surface area contributed by atoms with Crippen LogP contribution >= 0.6 is 0 Å². The number of anilines is 1. The molecule has 1 atom stereocenters. The van der Waals surface area contributed by atoms with Crippen LogP contribution < -0.4 is 10.6 Å². The van der Waals surface area contributed by atoms with E-state index in [0.29, 0.717) is 6.42 Å². The first-order chi connectivity index (χ1) is 11.2. The second-order valence-electron chi connectivity index (χ2n) is 6.24. The van der Waals surface area contributed by atoms with E-state index in [0.717, 1.165) is 25.1 Å². The molecule has 0 aliphatic carbocycles. The van der Waals surface area contributed by atoms with Gasteiger partial charge in [0, 0.05) is 24.7 Å². The molecule has 3 rings (SSSR count). The molecule has 23 heavy (non-hydrogen) atoms. The highest BCUT2D eigenvalue weighted by Gasteiger charge is 2.16. The summed E-state index contributed by atoms with van der Waals surface area (Å²) in [5.74, 6) is 0.118. The molecule has 120 valence electrons. The molecule has 1 heterocycles. The van der Waals surface area contributed by atoms with Crippen LogP contribution in [0, 0.1) is 0 Å². The number of hydrogen-bond acceptors (Lipinski definition) is 2. The minimum atomic E-state index is 0.118. The predicted molar refractivity (Wildman–Crippen MR) is 94.5 cm³/mol. The molecule has 2 aromatic rings. The Balaban J connectivity index is 1.66. The van der Waals surface area contributed by atoms with Crippen LogP contribution in [0.4, 0.5) is 5.69 Å². The Labute approximate surface area is 138 Å². The number of aryl methyl sites for hydroxylation is 2. The van der Waals surface area contributed by atoms with E-state index in [9.17, 15) is 4.79 Å². The molecule has 3 heteroatoms. The number of carbonyl (C=O) groups excluding carboxylic acids is 1. The summed E-state index contributed by atoms with van der Waals surface area (Å²) in [6, 6.07) is 15.4. The Kier molecular flexibility index (Phi) is 4.77. The fraction of sp³-hybridized carbons (Fsp3) is 0.350. The van der Waals surface area contributed by atoms with Gasteiger partial charge in [-0.1, -0.05) is 43.3 Å². The lowest BCUT2D eigenvalue weighted by Gasteiger charge is -2.20. The van der Waals surface area contributed by atoms with E-state index in [1.54, 1.807) is 0 Å². The van der Waals surface area contributed by atoms with Gasteiger partial charge in [-0.15, -0.1) is 0 Å². The van der Waals surface area contributed by atoms with Crippen molar-refractivity contribution in [2.24, 2.45) is 0 Å². The van der Waals surface area contributed by atoms with Crippen molar-refractivity contribution in [2.45, 2.75) is 45.7 Å². The van der Waals surface area contributed by atoms with E-state index in [1.807, 2.05) is 6.07 Å². The fourth-order valence-corrected chi connectivity index (χ4v) is 3.02. The van der Waals surface area contributed by atoms with Crippen molar-refractivity contribution in [1.82, 2.24) is 5.32 Å². The SMILES string of the molecule is CCc1cccc(CNC(C)c2ccc3c(c2)CCC(=O)N3)c1. The number of benzene rings is 2. The zero-order chi connectivity index (χ0) is 16.2. The summed E-state index contributed by atoms with van der Waals surface area (Å²) in [6.45, 7) is 5.23. The molecule has 1 aliphatic heterocycles. The van der Waals surface area contributed by atoms with Gasteiger partial charge in [0.25, 0.3) is 0 Å². The average molecular weight is 308 g/mol. The third kappa shape index (κ3) is 3.80. The highest BCUT2D eigenvalue weighted by atomic mass is 16.1. The van der Waals surface area contributed by atoms with Crippen molar-refractivity contribution in [3.8, 4) is 0 Å². The van der Waals surface area contributed by atoms with E-state index in [2.05, 4.69) is 60.9 Å². The van der Waals surface area contributed by atoms with Gasteiger partial charge in [-0.25, -0.2) is 0 Å². The number of nitrogens with one attached hydrogen (secondary N) is 2. The van der Waals surface area contributed by atoms with Crippen LogP contribution in [-0.4, -0.2) is 5.91 Å². The Morgan fingerprint density at radius 2 is 1.96 bits per heavy atom. The Morgan fingerprint density at radius 1 is 1.13 bits per heavy atom. The first-order valence-electron chi connectivity index (χ1n) is 8.39. The number of fused-ring (bicyclic) bond motifs is 1. The first kappa shape index (κ1) is 15.8. The predicted octanol–water partition coefficient (Wildman–Crippen LogP) is 3.98. The minimum Gasteiger partial charge on any atom is -0.326 e. The monoisotopic (exact) mass is 308 g/mol. The molecule has 2 aromatic carbocycles. The van der Waals surface area contributed by atoms with Crippen molar-refractivity contribution in [3.05, 3.63) is 64.7 Å². The number of amides is 1.